The van der Waals surface area contributed by atoms with Crippen LogP contribution in [0.4, 0.5) is 0 Å². The van der Waals surface area contributed by atoms with Gasteiger partial charge in [-0.15, -0.1) is 0 Å². The van der Waals surface area contributed by atoms with E-state index in [0.717, 1.165) is 31.8 Å². The van der Waals surface area contributed by atoms with Crippen LogP contribution in [0, 0.1) is 0 Å². The number of carbonyl (C=O) groups excluding carboxylic acids is 1. The van der Waals surface area contributed by atoms with Gasteiger partial charge in [0.25, 0.3) is 0 Å². The average Bonchev–Trinajstić information content (AvgIpc) is 2.58. The third-order valence-electron chi connectivity index (χ3n) is 4.85. The first-order valence-corrected chi connectivity index (χ1v) is 8.84. The lowest BCUT2D eigenvalue weighted by molar-refractivity contribution is -0.132. The van der Waals surface area contributed by atoms with Gasteiger partial charge in [-0.1, -0.05) is 25.1 Å². The summed E-state index contributed by atoms with van der Waals surface area (Å²) in [5, 5.41) is 0. The first kappa shape index (κ1) is 18.7. The summed E-state index contributed by atoms with van der Waals surface area (Å²) in [6, 6.07) is 8.39. The summed E-state index contributed by atoms with van der Waals surface area (Å²) in [4.78, 5) is 18.8. The quantitative estimate of drug-likeness (QED) is 0.761. The minimum atomic E-state index is 0.189. The molecule has 0 aliphatic carbocycles. The summed E-state index contributed by atoms with van der Waals surface area (Å²) < 4.78 is 5.86. The average molecular weight is 333 g/mol. The number of ether oxygens (including phenoxy) is 1. The van der Waals surface area contributed by atoms with Crippen molar-refractivity contribution in [2.45, 2.75) is 25.8 Å². The number of para-hydroxylation sites is 1. The van der Waals surface area contributed by atoms with Crippen LogP contribution >= 0.6 is 0 Å². The Hall–Kier alpha value is -1.59. The Kier molecular flexibility index (Phi) is 7.06. The topological polar surface area (TPSA) is 36.0 Å². The lowest BCUT2D eigenvalue weighted by atomic mass is 10.1. The van der Waals surface area contributed by atoms with Gasteiger partial charge in [-0.25, -0.2) is 0 Å². The van der Waals surface area contributed by atoms with Crippen molar-refractivity contribution in [1.82, 2.24) is 14.7 Å². The fourth-order valence-electron chi connectivity index (χ4n) is 3.03. The largest absolute Gasteiger partial charge is 0.491 e. The molecule has 134 valence electrons. The monoisotopic (exact) mass is 333 g/mol. The molecule has 1 fully saturated rings. The summed E-state index contributed by atoms with van der Waals surface area (Å²) in [6.45, 7) is 6.31. The van der Waals surface area contributed by atoms with E-state index in [0.29, 0.717) is 25.6 Å². The van der Waals surface area contributed by atoms with Crippen molar-refractivity contribution >= 4 is 5.91 Å². The first-order valence-electron chi connectivity index (χ1n) is 8.84. The predicted octanol–water partition coefficient (Wildman–Crippen LogP) is 1.72. The standard InChI is InChI=1S/C19H31N3O2/c1-5-16-8-6-7-9-18(16)24-13-12-22(4)19(23)14-17-15-20(2)10-11-21(17)3/h6-9,17H,5,10-15H2,1-4H3/t17-/m1/s1. The molecule has 5 heteroatoms. The third-order valence-corrected chi connectivity index (χ3v) is 4.85. The zero-order valence-corrected chi connectivity index (χ0v) is 15.5. The predicted molar refractivity (Wildman–Crippen MR) is 97.5 cm³/mol. The van der Waals surface area contributed by atoms with Gasteiger partial charge in [0.05, 0.1) is 6.54 Å². The van der Waals surface area contributed by atoms with E-state index < -0.39 is 0 Å². The summed E-state index contributed by atoms with van der Waals surface area (Å²) in [5.41, 5.74) is 1.21. The number of hydrogen-bond donors (Lipinski definition) is 0. The van der Waals surface area contributed by atoms with Gasteiger partial charge in [-0.05, 0) is 32.1 Å². The molecule has 0 unspecified atom stereocenters. The van der Waals surface area contributed by atoms with Crippen LogP contribution in [-0.2, 0) is 11.2 Å². The van der Waals surface area contributed by atoms with E-state index in [9.17, 15) is 4.79 Å². The van der Waals surface area contributed by atoms with Crippen molar-refractivity contribution in [1.29, 1.82) is 0 Å². The number of nitrogens with zero attached hydrogens (tertiary/aromatic N) is 3. The number of rotatable bonds is 7. The highest BCUT2D eigenvalue weighted by Crippen LogP contribution is 2.18. The van der Waals surface area contributed by atoms with Crippen LogP contribution in [0.25, 0.3) is 0 Å². The highest BCUT2D eigenvalue weighted by Gasteiger charge is 2.25. The number of aryl methyl sites for hydroxylation is 1. The van der Waals surface area contributed by atoms with Gasteiger partial charge in [-0.2, -0.15) is 0 Å². The van der Waals surface area contributed by atoms with Crippen LogP contribution in [0.15, 0.2) is 24.3 Å². The third kappa shape index (κ3) is 5.21. The first-order chi connectivity index (χ1) is 11.5. The molecule has 0 aromatic heterocycles. The molecule has 0 saturated carbocycles. The molecule has 1 aliphatic heterocycles. The molecule has 1 aromatic carbocycles. The molecule has 0 bridgehead atoms. The Balaban J connectivity index is 1.77. The van der Waals surface area contributed by atoms with Crippen molar-refractivity contribution in [2.24, 2.45) is 0 Å². The molecule has 1 amide bonds. The summed E-state index contributed by atoms with van der Waals surface area (Å²) in [7, 11) is 6.09. The Morgan fingerprint density at radius 1 is 1.29 bits per heavy atom. The Morgan fingerprint density at radius 3 is 2.79 bits per heavy atom. The van der Waals surface area contributed by atoms with Crippen LogP contribution in [0.1, 0.15) is 18.9 Å². The fourth-order valence-corrected chi connectivity index (χ4v) is 3.03. The highest BCUT2D eigenvalue weighted by molar-refractivity contribution is 5.76. The zero-order chi connectivity index (χ0) is 17.5. The van der Waals surface area contributed by atoms with Crippen molar-refractivity contribution in [3.63, 3.8) is 0 Å². The molecule has 2 rings (SSSR count). The number of amides is 1. The maximum atomic E-state index is 12.5. The lowest BCUT2D eigenvalue weighted by Crippen LogP contribution is -2.51. The molecule has 0 spiro atoms. The molecule has 0 N–H and O–H groups in total. The van der Waals surface area contributed by atoms with Gasteiger partial charge in [-0.3, -0.25) is 4.79 Å². The normalized spacial score (nSPS) is 19.2. The number of benzene rings is 1. The molecule has 1 aromatic rings. The van der Waals surface area contributed by atoms with Gasteiger partial charge in [0.15, 0.2) is 0 Å². The van der Waals surface area contributed by atoms with E-state index in [1.165, 1.54) is 5.56 Å². The van der Waals surface area contributed by atoms with Crippen LogP contribution in [0.3, 0.4) is 0 Å². The smallest absolute Gasteiger partial charge is 0.224 e. The molecular formula is C19H31N3O2. The second kappa shape index (κ2) is 9.04. The summed E-state index contributed by atoms with van der Waals surface area (Å²) in [5.74, 6) is 1.11. The number of carbonyl (C=O) groups is 1. The van der Waals surface area contributed by atoms with E-state index in [1.54, 1.807) is 4.90 Å². The van der Waals surface area contributed by atoms with Crippen LogP contribution in [0.5, 0.6) is 5.75 Å². The van der Waals surface area contributed by atoms with Crippen molar-refractivity contribution < 1.29 is 9.53 Å². The maximum Gasteiger partial charge on any atom is 0.224 e. The second-order valence-corrected chi connectivity index (χ2v) is 6.73. The molecule has 1 atom stereocenters. The fraction of sp³-hybridized carbons (Fsp3) is 0.632. The summed E-state index contributed by atoms with van der Waals surface area (Å²) in [6.07, 6.45) is 1.52. The number of piperazine rings is 1. The van der Waals surface area contributed by atoms with E-state index in [-0.39, 0.29) is 5.91 Å². The Morgan fingerprint density at radius 2 is 2.04 bits per heavy atom. The highest BCUT2D eigenvalue weighted by atomic mass is 16.5. The zero-order valence-electron chi connectivity index (χ0n) is 15.5. The van der Waals surface area contributed by atoms with E-state index in [2.05, 4.69) is 36.9 Å². The van der Waals surface area contributed by atoms with Crippen molar-refractivity contribution in [3.8, 4) is 5.75 Å². The van der Waals surface area contributed by atoms with Gasteiger partial charge < -0.3 is 19.4 Å². The van der Waals surface area contributed by atoms with Crippen LogP contribution < -0.4 is 4.74 Å². The van der Waals surface area contributed by atoms with E-state index in [1.807, 2.05) is 25.2 Å². The van der Waals surface area contributed by atoms with E-state index >= 15 is 0 Å². The SMILES string of the molecule is CCc1ccccc1OCCN(C)C(=O)C[C@@H]1CN(C)CCN1C. The Bertz CT molecular complexity index is 535. The van der Waals surface area contributed by atoms with Crippen LogP contribution in [-0.4, -0.2) is 80.6 Å². The van der Waals surface area contributed by atoms with Gasteiger partial charge >= 0.3 is 0 Å². The molecule has 5 nitrogen and oxygen atoms in total. The second-order valence-electron chi connectivity index (χ2n) is 6.73. The molecule has 24 heavy (non-hydrogen) atoms. The molecule has 1 saturated heterocycles. The maximum absolute atomic E-state index is 12.5. The van der Waals surface area contributed by atoms with E-state index in [4.69, 9.17) is 4.74 Å². The number of hydrogen-bond acceptors (Lipinski definition) is 4. The Labute approximate surface area is 146 Å². The van der Waals surface area contributed by atoms with Gasteiger partial charge in [0.2, 0.25) is 5.91 Å². The summed E-state index contributed by atoms with van der Waals surface area (Å²) >= 11 is 0. The lowest BCUT2D eigenvalue weighted by Gasteiger charge is -2.38. The molecule has 1 aliphatic rings. The van der Waals surface area contributed by atoms with Crippen LogP contribution in [0.2, 0.25) is 0 Å². The van der Waals surface area contributed by atoms with Gasteiger partial charge in [0, 0.05) is 39.1 Å². The van der Waals surface area contributed by atoms with Gasteiger partial charge in [0.1, 0.15) is 12.4 Å². The van der Waals surface area contributed by atoms with Crippen molar-refractivity contribution in [3.05, 3.63) is 29.8 Å². The van der Waals surface area contributed by atoms with Crippen molar-refractivity contribution in [2.75, 3.05) is 53.9 Å². The molecule has 1 heterocycles. The molecular weight excluding hydrogens is 302 g/mol. The number of likely N-dealkylation sites (N-methyl/N-ethyl adjacent to an activating group) is 3. The minimum absolute atomic E-state index is 0.189. The minimum Gasteiger partial charge on any atom is -0.491 e. The molecule has 0 radical (unpaired) electrons.